The van der Waals surface area contributed by atoms with Gasteiger partial charge in [0, 0.05) is 11.3 Å². The Morgan fingerprint density at radius 1 is 1.30 bits per heavy atom. The van der Waals surface area contributed by atoms with E-state index < -0.39 is 5.66 Å². The first-order chi connectivity index (χ1) is 12.9. The van der Waals surface area contributed by atoms with Gasteiger partial charge in [-0.3, -0.25) is 14.5 Å². The molecule has 0 bridgehead atoms. The number of nitrogen functional groups attached to an aromatic ring is 1. The number of hydrogen-bond acceptors (Lipinski definition) is 6. The van der Waals surface area contributed by atoms with Crippen molar-refractivity contribution in [3.8, 4) is 0 Å². The maximum atomic E-state index is 12.6. The van der Waals surface area contributed by atoms with E-state index in [2.05, 4.69) is 20.6 Å². The van der Waals surface area contributed by atoms with Crippen LogP contribution in [0.1, 0.15) is 51.5 Å². The first kappa shape index (κ1) is 18.9. The molecule has 0 radical (unpaired) electrons. The number of allylic oxidation sites excluding steroid dienone is 3. The number of rotatable bonds is 4. The average molecular weight is 370 g/mol. The zero-order valence-electron chi connectivity index (χ0n) is 16.0. The van der Waals surface area contributed by atoms with Crippen LogP contribution in [-0.4, -0.2) is 32.8 Å². The number of aromatic nitrogens is 2. The summed E-state index contributed by atoms with van der Waals surface area (Å²) in [7, 11) is 0. The Labute approximate surface area is 158 Å². The molecule has 1 aliphatic carbocycles. The number of carbonyl (C=O) groups excluding carboxylic acids is 2. The van der Waals surface area contributed by atoms with Crippen LogP contribution in [0.4, 0.5) is 11.6 Å². The van der Waals surface area contributed by atoms with Gasteiger partial charge in [-0.15, -0.1) is 0 Å². The molecule has 8 nitrogen and oxygen atoms in total. The van der Waals surface area contributed by atoms with Crippen LogP contribution in [0.3, 0.4) is 0 Å². The molecule has 0 aromatic carbocycles. The lowest BCUT2D eigenvalue weighted by atomic mass is 9.88. The van der Waals surface area contributed by atoms with Gasteiger partial charge in [0.1, 0.15) is 29.3 Å². The van der Waals surface area contributed by atoms with Gasteiger partial charge < -0.3 is 16.4 Å². The molecule has 1 aromatic rings. The highest BCUT2D eigenvalue weighted by Crippen LogP contribution is 2.38. The van der Waals surface area contributed by atoms with E-state index in [4.69, 9.17) is 5.73 Å². The van der Waals surface area contributed by atoms with Crippen LogP contribution in [0.15, 0.2) is 29.4 Å². The lowest BCUT2D eigenvalue weighted by Gasteiger charge is -2.38. The number of carbonyl (C=O) groups is 2. The largest absolute Gasteiger partial charge is 0.383 e. The predicted molar refractivity (Wildman–Crippen MR) is 103 cm³/mol. The van der Waals surface area contributed by atoms with E-state index in [-0.39, 0.29) is 5.91 Å². The van der Waals surface area contributed by atoms with Crippen molar-refractivity contribution in [2.45, 2.75) is 58.5 Å². The fourth-order valence-electron chi connectivity index (χ4n) is 3.89. The summed E-state index contributed by atoms with van der Waals surface area (Å²) in [4.78, 5) is 34.2. The average Bonchev–Trinajstić information content (AvgIpc) is 2.90. The fraction of sp³-hybridized carbons (Fsp3) is 0.474. The van der Waals surface area contributed by atoms with Crippen molar-refractivity contribution >= 4 is 24.0 Å². The molecular formula is C19H26N6O2. The van der Waals surface area contributed by atoms with Crippen LogP contribution < -0.4 is 16.4 Å². The Kier molecular flexibility index (Phi) is 5.16. The van der Waals surface area contributed by atoms with Crippen molar-refractivity contribution in [1.29, 1.82) is 0 Å². The molecule has 4 N–H and O–H groups in total. The molecule has 1 spiro atoms. The van der Waals surface area contributed by atoms with Crippen molar-refractivity contribution in [1.82, 2.24) is 20.2 Å². The zero-order valence-corrected chi connectivity index (χ0v) is 16.0. The normalized spacial score (nSPS) is 21.2. The molecule has 2 aliphatic rings. The third kappa shape index (κ3) is 3.51. The topological polar surface area (TPSA) is 113 Å². The molecule has 0 atom stereocenters. The molecule has 2 fully saturated rings. The smallest absolute Gasteiger partial charge is 0.270 e. The molecular weight excluding hydrogens is 344 g/mol. The van der Waals surface area contributed by atoms with Gasteiger partial charge in [0.05, 0.1) is 0 Å². The van der Waals surface area contributed by atoms with Crippen molar-refractivity contribution < 1.29 is 9.59 Å². The maximum Gasteiger partial charge on any atom is 0.270 e. The highest BCUT2D eigenvalue weighted by molar-refractivity contribution is 5.99. The van der Waals surface area contributed by atoms with Crippen LogP contribution in [0.25, 0.3) is 0 Å². The second kappa shape index (κ2) is 7.38. The quantitative estimate of drug-likeness (QED) is 0.553. The molecule has 8 heteroatoms. The Morgan fingerprint density at radius 2 is 2.00 bits per heavy atom. The molecule has 2 heterocycles. The lowest BCUT2D eigenvalue weighted by Crippen LogP contribution is -2.52. The molecule has 1 saturated carbocycles. The minimum atomic E-state index is -0.569. The zero-order chi connectivity index (χ0) is 19.6. The number of anilines is 2. The molecule has 3 rings (SSSR count). The third-order valence-electron chi connectivity index (χ3n) is 5.29. The number of nitrogens with two attached hydrogens (primary N) is 1. The van der Waals surface area contributed by atoms with Gasteiger partial charge in [0.2, 0.25) is 6.41 Å². The van der Waals surface area contributed by atoms with E-state index in [1.165, 1.54) is 6.33 Å². The first-order valence-electron chi connectivity index (χ1n) is 9.18. The molecule has 0 unspecified atom stereocenters. The molecule has 1 saturated heterocycles. The molecule has 144 valence electrons. The summed E-state index contributed by atoms with van der Waals surface area (Å²) in [5, 5.41) is 6.23. The minimum Gasteiger partial charge on any atom is -0.383 e. The van der Waals surface area contributed by atoms with Gasteiger partial charge >= 0.3 is 0 Å². The molecule has 1 aliphatic heterocycles. The fourth-order valence-corrected chi connectivity index (χ4v) is 3.89. The van der Waals surface area contributed by atoms with Crippen LogP contribution >= 0.6 is 0 Å². The Hall–Kier alpha value is -2.90. The number of hydrogen-bond donors (Lipinski definition) is 3. The minimum absolute atomic E-state index is 0.201. The van der Waals surface area contributed by atoms with Gasteiger partial charge in [-0.25, -0.2) is 9.97 Å². The van der Waals surface area contributed by atoms with Crippen LogP contribution in [0.2, 0.25) is 0 Å². The summed E-state index contributed by atoms with van der Waals surface area (Å²) < 4.78 is 0. The van der Waals surface area contributed by atoms with Crippen LogP contribution in [-0.2, 0) is 9.59 Å². The standard InChI is InChI=1S/C19H26N6O2/c1-12(9-13(2)23-17-14(3)16(20)21-10-22-17)15-18(27)24-19(25(15)11-26)7-5-4-6-8-19/h9-11H,4-8H2,1-3H3,(H,24,27)(H3,20,21,22,23)/b13-9+,15-12-. The summed E-state index contributed by atoms with van der Waals surface area (Å²) in [5.41, 5.74) is 7.90. The third-order valence-corrected chi connectivity index (χ3v) is 5.29. The van der Waals surface area contributed by atoms with E-state index >= 15 is 0 Å². The summed E-state index contributed by atoms with van der Waals surface area (Å²) in [6.45, 7) is 5.54. The van der Waals surface area contributed by atoms with Gasteiger partial charge in [0.15, 0.2) is 0 Å². The SMILES string of the molecule is CC(/C=C(\C)Nc1ncnc(N)c1C)=C1\C(=O)NC2(CCCCC2)N1C=O. The molecule has 27 heavy (non-hydrogen) atoms. The highest BCUT2D eigenvalue weighted by atomic mass is 16.2. The van der Waals surface area contributed by atoms with Crippen molar-refractivity contribution in [2.75, 3.05) is 11.1 Å². The molecule has 1 aromatic heterocycles. The maximum absolute atomic E-state index is 12.6. The van der Waals surface area contributed by atoms with E-state index in [1.54, 1.807) is 4.90 Å². The van der Waals surface area contributed by atoms with Crippen LogP contribution in [0, 0.1) is 6.92 Å². The second-order valence-corrected chi connectivity index (χ2v) is 7.24. The van der Waals surface area contributed by atoms with Gasteiger partial charge in [-0.05, 0) is 58.1 Å². The predicted octanol–water partition coefficient (Wildman–Crippen LogP) is 2.21. The van der Waals surface area contributed by atoms with Crippen molar-refractivity contribution in [3.63, 3.8) is 0 Å². The highest BCUT2D eigenvalue weighted by Gasteiger charge is 2.48. The lowest BCUT2D eigenvalue weighted by molar-refractivity contribution is -0.121. The Morgan fingerprint density at radius 3 is 2.67 bits per heavy atom. The molecule has 2 amide bonds. The van der Waals surface area contributed by atoms with Crippen LogP contribution in [0.5, 0.6) is 0 Å². The van der Waals surface area contributed by atoms with Crippen molar-refractivity contribution in [2.24, 2.45) is 0 Å². The van der Waals surface area contributed by atoms with Gasteiger partial charge in [-0.1, -0.05) is 6.42 Å². The summed E-state index contributed by atoms with van der Waals surface area (Å²) in [5.74, 6) is 0.825. The Bertz CT molecular complexity index is 823. The summed E-state index contributed by atoms with van der Waals surface area (Å²) in [6.07, 6.45) is 8.72. The van der Waals surface area contributed by atoms with Crippen molar-refractivity contribution in [3.05, 3.63) is 34.9 Å². The van der Waals surface area contributed by atoms with E-state index in [0.717, 1.165) is 49.8 Å². The first-order valence-corrected chi connectivity index (χ1v) is 9.18. The number of nitrogens with zero attached hydrogens (tertiary/aromatic N) is 3. The van der Waals surface area contributed by atoms with E-state index in [9.17, 15) is 9.59 Å². The van der Waals surface area contributed by atoms with E-state index in [1.807, 2.05) is 26.8 Å². The van der Waals surface area contributed by atoms with E-state index in [0.29, 0.717) is 22.9 Å². The number of nitrogens with one attached hydrogen (secondary N) is 2. The van der Waals surface area contributed by atoms with Gasteiger partial charge in [-0.2, -0.15) is 0 Å². The van der Waals surface area contributed by atoms with Gasteiger partial charge in [0.25, 0.3) is 5.91 Å². The monoisotopic (exact) mass is 370 g/mol. The number of amides is 2. The second-order valence-electron chi connectivity index (χ2n) is 7.24. The summed E-state index contributed by atoms with van der Waals surface area (Å²) >= 11 is 0. The Balaban J connectivity index is 1.89. The summed E-state index contributed by atoms with van der Waals surface area (Å²) in [6, 6.07) is 0.